The van der Waals surface area contributed by atoms with Gasteiger partial charge in [0, 0.05) is 110 Å². The normalized spacial score (nSPS) is 17.8. The summed E-state index contributed by atoms with van der Waals surface area (Å²) in [5, 5.41) is 11.9. The van der Waals surface area contributed by atoms with E-state index in [4.69, 9.17) is 9.47 Å². The number of aromatic nitrogens is 2. The molecule has 4 aliphatic heterocycles. The van der Waals surface area contributed by atoms with Gasteiger partial charge in [0.2, 0.25) is 10.0 Å². The van der Waals surface area contributed by atoms with Crippen LogP contribution in [0.3, 0.4) is 0 Å². The zero-order valence-corrected chi connectivity index (χ0v) is 46.4. The number of amides is 2. The number of pyridine rings is 2. The van der Waals surface area contributed by atoms with E-state index < -0.39 is 10.0 Å². The quantitative estimate of drug-likeness (QED) is 0.0808. The molecule has 0 unspecified atom stereocenters. The average molecular weight is 1050 g/mol. The Morgan fingerprint density at radius 2 is 1.04 bits per heavy atom. The average Bonchev–Trinajstić information content (AvgIpc) is 3.88. The lowest BCUT2D eigenvalue weighted by Crippen LogP contribution is -2.39. The molecule has 0 bridgehead atoms. The number of sulfonamides is 1. The van der Waals surface area contributed by atoms with Crippen LogP contribution in [0.15, 0.2) is 21.7 Å². The van der Waals surface area contributed by atoms with Crippen LogP contribution >= 0.6 is 22.7 Å². The number of hydrogen-bond donors (Lipinski definition) is 5. The molecule has 4 aromatic heterocycles. The van der Waals surface area contributed by atoms with E-state index in [0.29, 0.717) is 60.6 Å². The molecule has 396 valence electrons. The number of carbonyl (C=O) groups is 2. The lowest BCUT2D eigenvalue weighted by molar-refractivity contribution is 0.0846. The van der Waals surface area contributed by atoms with E-state index in [0.717, 1.165) is 140 Å². The second-order valence-electron chi connectivity index (χ2n) is 20.0. The number of ether oxygens (including phenoxy) is 2. The number of nitrogens with zero attached hydrogens (tertiary/aromatic N) is 3. The van der Waals surface area contributed by atoms with E-state index in [-0.39, 0.29) is 41.9 Å². The molecule has 8 heterocycles. The van der Waals surface area contributed by atoms with Gasteiger partial charge < -0.3 is 45.2 Å². The second kappa shape index (κ2) is 24.8. The lowest BCUT2D eigenvalue weighted by Gasteiger charge is -2.35. The third kappa shape index (κ3) is 12.9. The molecule has 0 atom stereocenters. The summed E-state index contributed by atoms with van der Waals surface area (Å²) in [6, 6.07) is 4.66. The van der Waals surface area contributed by atoms with E-state index in [1.807, 2.05) is 46.8 Å². The van der Waals surface area contributed by atoms with E-state index in [1.165, 1.54) is 20.4 Å². The second-order valence-corrected chi connectivity index (χ2v) is 24.1. The molecule has 0 spiro atoms. The molecule has 5 N–H and O–H groups in total. The monoisotopic (exact) mass is 1050 g/mol. The number of aryl methyl sites for hydroxylation is 4. The van der Waals surface area contributed by atoms with Gasteiger partial charge in [-0.05, 0) is 166 Å². The number of piperidine rings is 2. The molecular weight excluding hydrogens is 973 g/mol. The molecule has 0 aromatic carbocycles. The zero-order valence-electron chi connectivity index (χ0n) is 43.9. The molecule has 0 aliphatic carbocycles. The van der Waals surface area contributed by atoms with Gasteiger partial charge in [-0.2, -0.15) is 0 Å². The molecular formula is C53H78N8O8S3. The van der Waals surface area contributed by atoms with Crippen LogP contribution in [0.2, 0.25) is 0 Å². The minimum absolute atomic E-state index is 0.0732. The Morgan fingerprint density at radius 1 is 0.653 bits per heavy atom. The van der Waals surface area contributed by atoms with E-state index in [9.17, 15) is 27.6 Å². The summed E-state index contributed by atoms with van der Waals surface area (Å²) >= 11 is 3.48. The van der Waals surface area contributed by atoms with Crippen molar-refractivity contribution >= 4 is 54.5 Å². The van der Waals surface area contributed by atoms with Crippen molar-refractivity contribution in [1.82, 2.24) is 30.2 Å². The van der Waals surface area contributed by atoms with Crippen molar-refractivity contribution < 1.29 is 27.5 Å². The van der Waals surface area contributed by atoms with Gasteiger partial charge in [-0.15, -0.1) is 22.7 Å². The van der Waals surface area contributed by atoms with E-state index in [2.05, 4.69) is 56.5 Å². The van der Waals surface area contributed by atoms with Gasteiger partial charge in [0.05, 0.1) is 27.4 Å². The van der Waals surface area contributed by atoms with Crippen LogP contribution in [0.1, 0.15) is 152 Å². The molecule has 19 heteroatoms. The summed E-state index contributed by atoms with van der Waals surface area (Å²) in [4.78, 5) is 65.2. The number of H-pyrrole nitrogens is 2. The first-order chi connectivity index (χ1) is 34.4. The van der Waals surface area contributed by atoms with Crippen LogP contribution in [-0.2, 0) is 32.6 Å². The molecule has 4 fully saturated rings. The Balaban J connectivity index is 0.000000213. The molecule has 16 nitrogen and oxygen atoms in total. The van der Waals surface area contributed by atoms with Gasteiger partial charge in [-0.3, -0.25) is 19.2 Å². The number of nitrogens with one attached hydrogen (secondary N) is 5. The predicted octanol–water partition coefficient (Wildman–Crippen LogP) is 7.20. The molecule has 4 aliphatic rings. The Labute approximate surface area is 434 Å². The summed E-state index contributed by atoms with van der Waals surface area (Å²) in [7, 11) is -3.24. The fourth-order valence-corrected chi connectivity index (χ4v) is 15.2. The summed E-state index contributed by atoms with van der Waals surface area (Å²) < 4.78 is 36.9. The Morgan fingerprint density at radius 3 is 1.40 bits per heavy atom. The summed E-state index contributed by atoms with van der Waals surface area (Å²) in [5.41, 5.74) is 7.74. The topological polar surface area (TPSA) is 198 Å². The van der Waals surface area contributed by atoms with Gasteiger partial charge >= 0.3 is 0 Å². The third-order valence-electron chi connectivity index (χ3n) is 15.1. The maximum Gasteiger partial charge on any atom is 0.253 e. The molecule has 8 rings (SSSR count). The summed E-state index contributed by atoms with van der Waals surface area (Å²) in [6.07, 6.45) is 8.62. The highest BCUT2D eigenvalue weighted by Crippen LogP contribution is 2.46. The van der Waals surface area contributed by atoms with Crippen LogP contribution in [0.25, 0.3) is 0 Å². The molecule has 4 aromatic rings. The molecule has 0 saturated carbocycles. The fraction of sp³-hybridized carbons (Fsp3) is 0.623. The summed E-state index contributed by atoms with van der Waals surface area (Å²) in [6.45, 7) is 24.0. The van der Waals surface area contributed by atoms with Crippen molar-refractivity contribution in [2.75, 3.05) is 81.8 Å². The Hall–Kier alpha value is -4.37. The highest BCUT2D eigenvalue weighted by atomic mass is 32.2. The predicted molar refractivity (Wildman–Crippen MR) is 290 cm³/mol. The number of anilines is 2. The molecule has 2 amide bonds. The maximum atomic E-state index is 13.8. The SMILES string of the molecule is CCN(c1sc(C2CCN(S(C)(=O)=O)CC2)c(C(=O)NCc2c(C)cc(C)[nH]c2=O)c1C)C1CCOCC1.CCN(c1sc(C2CCNCC2)c(C(=O)NCc2c(C)cc(C)[nH]c2=O)c1C)C1CCOCC1. The highest BCUT2D eigenvalue weighted by molar-refractivity contribution is 7.88. The standard InChI is InChI=1S/C27H40N4O5S2.C26H38N4O3S/c1-6-31(21-9-13-36-14-10-21)27-19(4)23(24(37-27)20-7-11-30(12-8-20)38(5,34)35)26(33)28-16-22-17(2)15-18(3)29-25(22)32;1-5-30(20-8-12-33-13-9-20)26-18(4)22(23(34-26)19-6-10-27-11-7-19)25(32)28-15-21-16(2)14-17(3)29-24(21)31/h15,20-21H,6-14,16H2,1-5H3,(H,28,33)(H,29,32);14,19-20,27H,5-13,15H2,1-4H3,(H,28,32)(H,29,31). The molecule has 0 radical (unpaired) electrons. The van der Waals surface area contributed by atoms with Crippen molar-refractivity contribution in [2.24, 2.45) is 0 Å². The maximum absolute atomic E-state index is 13.8. The van der Waals surface area contributed by atoms with Gasteiger partial charge in [-0.25, -0.2) is 12.7 Å². The number of hydrogen-bond acceptors (Lipinski definition) is 13. The van der Waals surface area contributed by atoms with Crippen molar-refractivity contribution in [3.05, 3.63) is 98.5 Å². The van der Waals surface area contributed by atoms with Gasteiger partial charge in [0.25, 0.3) is 22.9 Å². The minimum Gasteiger partial charge on any atom is -0.381 e. The smallest absolute Gasteiger partial charge is 0.253 e. The third-order valence-corrected chi connectivity index (χ3v) is 19.3. The largest absolute Gasteiger partial charge is 0.381 e. The lowest BCUT2D eigenvalue weighted by atomic mass is 9.92. The van der Waals surface area contributed by atoms with Crippen molar-refractivity contribution in [3.63, 3.8) is 0 Å². The van der Waals surface area contributed by atoms with E-state index >= 15 is 0 Å². The van der Waals surface area contributed by atoms with Crippen molar-refractivity contribution in [2.45, 2.75) is 144 Å². The Bertz CT molecular complexity index is 2760. The highest BCUT2D eigenvalue weighted by Gasteiger charge is 2.35. The van der Waals surface area contributed by atoms with Crippen LogP contribution in [0.5, 0.6) is 0 Å². The number of carbonyl (C=O) groups excluding carboxylic acids is 2. The van der Waals surface area contributed by atoms with Gasteiger partial charge in [0.1, 0.15) is 0 Å². The van der Waals surface area contributed by atoms with Crippen LogP contribution < -0.4 is 36.9 Å². The first-order valence-electron chi connectivity index (χ1n) is 26.0. The first-order valence-corrected chi connectivity index (χ1v) is 29.5. The fourth-order valence-electron chi connectivity index (χ4n) is 11.1. The number of thiophene rings is 2. The van der Waals surface area contributed by atoms with Crippen LogP contribution in [-0.4, -0.2) is 119 Å². The van der Waals surface area contributed by atoms with Crippen LogP contribution in [0, 0.1) is 41.5 Å². The summed E-state index contributed by atoms with van der Waals surface area (Å²) in [5.74, 6) is 0.227. The Kier molecular flexibility index (Phi) is 19.1. The first kappa shape index (κ1) is 55.4. The number of rotatable bonds is 15. The van der Waals surface area contributed by atoms with Gasteiger partial charge in [0.15, 0.2) is 0 Å². The van der Waals surface area contributed by atoms with E-state index in [1.54, 1.807) is 22.7 Å². The van der Waals surface area contributed by atoms with Crippen molar-refractivity contribution in [1.29, 1.82) is 0 Å². The van der Waals surface area contributed by atoms with Crippen LogP contribution in [0.4, 0.5) is 10.0 Å². The number of aromatic amines is 2. The minimum atomic E-state index is -3.24. The molecule has 72 heavy (non-hydrogen) atoms. The zero-order chi connectivity index (χ0) is 51.9. The van der Waals surface area contributed by atoms with Gasteiger partial charge in [-0.1, -0.05) is 0 Å². The van der Waals surface area contributed by atoms with Crippen molar-refractivity contribution in [3.8, 4) is 0 Å². The molecule has 4 saturated heterocycles.